The summed E-state index contributed by atoms with van der Waals surface area (Å²) in [6.07, 6.45) is 0.682. The molecule has 3 rings (SSSR count). The number of rotatable bonds is 5. The van der Waals surface area contributed by atoms with E-state index < -0.39 is 5.97 Å². The molecule has 128 valence electrons. The molecule has 0 aromatic heterocycles. The SMILES string of the molecule is O=C1C[C@@H](Cc2ccc(C(=O)OCc3ccc(Cl)cc3)cc2)C(=O)N1. The topological polar surface area (TPSA) is 72.5 Å². The average Bonchev–Trinajstić information content (AvgIpc) is 2.92. The Morgan fingerprint density at radius 1 is 1.04 bits per heavy atom. The van der Waals surface area contributed by atoms with Crippen molar-refractivity contribution in [1.29, 1.82) is 0 Å². The molecule has 2 amide bonds. The number of ether oxygens (including phenoxy) is 1. The summed E-state index contributed by atoms with van der Waals surface area (Å²) in [6.45, 7) is 0.169. The predicted molar refractivity (Wildman–Crippen MR) is 92.0 cm³/mol. The van der Waals surface area contributed by atoms with E-state index in [1.54, 1.807) is 48.5 Å². The Balaban J connectivity index is 1.56. The second-order valence-corrected chi connectivity index (χ2v) is 6.35. The number of esters is 1. The van der Waals surface area contributed by atoms with E-state index in [1.165, 1.54) is 0 Å². The molecule has 6 heteroatoms. The first-order chi connectivity index (χ1) is 12.0. The van der Waals surface area contributed by atoms with Crippen molar-refractivity contribution in [3.8, 4) is 0 Å². The van der Waals surface area contributed by atoms with Crippen LogP contribution in [0.3, 0.4) is 0 Å². The third-order valence-electron chi connectivity index (χ3n) is 4.02. The monoisotopic (exact) mass is 357 g/mol. The van der Waals surface area contributed by atoms with Gasteiger partial charge in [0.05, 0.1) is 11.5 Å². The average molecular weight is 358 g/mol. The lowest BCUT2D eigenvalue weighted by atomic mass is 9.97. The fraction of sp³-hybridized carbons (Fsp3) is 0.211. The van der Waals surface area contributed by atoms with E-state index in [0.717, 1.165) is 11.1 Å². The van der Waals surface area contributed by atoms with E-state index in [0.29, 0.717) is 17.0 Å². The van der Waals surface area contributed by atoms with Crippen LogP contribution in [0.25, 0.3) is 0 Å². The highest BCUT2D eigenvalue weighted by Gasteiger charge is 2.30. The predicted octanol–water partition coefficient (Wildman–Crippen LogP) is 2.90. The molecule has 1 atom stereocenters. The Morgan fingerprint density at radius 3 is 2.28 bits per heavy atom. The number of carbonyl (C=O) groups excluding carboxylic acids is 3. The van der Waals surface area contributed by atoms with Crippen LogP contribution in [0.5, 0.6) is 0 Å². The maximum Gasteiger partial charge on any atom is 0.338 e. The van der Waals surface area contributed by atoms with Crippen molar-refractivity contribution in [3.63, 3.8) is 0 Å². The normalized spacial score (nSPS) is 16.6. The fourth-order valence-electron chi connectivity index (χ4n) is 2.65. The lowest BCUT2D eigenvalue weighted by Gasteiger charge is -2.08. The number of benzene rings is 2. The Bertz CT molecular complexity index is 799. The van der Waals surface area contributed by atoms with Crippen molar-refractivity contribution in [3.05, 3.63) is 70.2 Å². The molecule has 0 saturated carbocycles. The molecule has 0 radical (unpaired) electrons. The molecule has 0 aliphatic carbocycles. The first kappa shape index (κ1) is 17.2. The van der Waals surface area contributed by atoms with Gasteiger partial charge < -0.3 is 4.74 Å². The van der Waals surface area contributed by atoms with Crippen LogP contribution in [0, 0.1) is 5.92 Å². The summed E-state index contributed by atoms with van der Waals surface area (Å²) in [6, 6.07) is 13.9. The van der Waals surface area contributed by atoms with E-state index in [1.807, 2.05) is 0 Å². The minimum atomic E-state index is -0.421. The van der Waals surface area contributed by atoms with Gasteiger partial charge in [0, 0.05) is 11.4 Å². The van der Waals surface area contributed by atoms with E-state index >= 15 is 0 Å². The van der Waals surface area contributed by atoms with Crippen LogP contribution < -0.4 is 5.32 Å². The zero-order valence-corrected chi connectivity index (χ0v) is 14.1. The molecule has 1 aliphatic rings. The van der Waals surface area contributed by atoms with Gasteiger partial charge in [0.2, 0.25) is 11.8 Å². The Kier molecular flexibility index (Phi) is 5.14. The number of hydrogen-bond donors (Lipinski definition) is 1. The number of imide groups is 1. The number of halogens is 1. The van der Waals surface area contributed by atoms with E-state index in [4.69, 9.17) is 16.3 Å². The van der Waals surface area contributed by atoms with Crippen molar-refractivity contribution < 1.29 is 19.1 Å². The van der Waals surface area contributed by atoms with Crippen LogP contribution in [0.1, 0.15) is 27.9 Å². The summed E-state index contributed by atoms with van der Waals surface area (Å²) < 4.78 is 5.27. The van der Waals surface area contributed by atoms with Gasteiger partial charge in [-0.15, -0.1) is 0 Å². The minimum absolute atomic E-state index is 0.169. The molecule has 5 nitrogen and oxygen atoms in total. The number of carbonyl (C=O) groups is 3. The quantitative estimate of drug-likeness (QED) is 0.659. The molecule has 1 aliphatic heterocycles. The summed E-state index contributed by atoms with van der Waals surface area (Å²) in [4.78, 5) is 34.9. The maximum absolute atomic E-state index is 12.1. The van der Waals surface area contributed by atoms with Crippen LogP contribution in [-0.4, -0.2) is 17.8 Å². The summed E-state index contributed by atoms with van der Waals surface area (Å²) in [5.41, 5.74) is 2.18. The third kappa shape index (κ3) is 4.45. The standard InChI is InChI=1S/C19H16ClNO4/c20-16-7-3-13(4-8-16)11-25-19(24)14-5-1-12(2-6-14)9-15-10-17(22)21-18(15)23/h1-8,15H,9-11H2,(H,21,22,23)/t15-/m1/s1. The van der Waals surface area contributed by atoms with Gasteiger partial charge in [0.1, 0.15) is 6.61 Å². The number of hydrogen-bond acceptors (Lipinski definition) is 4. The van der Waals surface area contributed by atoms with Gasteiger partial charge in [-0.2, -0.15) is 0 Å². The Morgan fingerprint density at radius 2 is 1.68 bits per heavy atom. The molecule has 2 aromatic rings. The molecular weight excluding hydrogens is 342 g/mol. The van der Waals surface area contributed by atoms with Crippen molar-refractivity contribution in [2.45, 2.75) is 19.4 Å². The molecule has 0 bridgehead atoms. The maximum atomic E-state index is 12.1. The Labute approximate surface area is 149 Å². The molecule has 1 N–H and O–H groups in total. The van der Waals surface area contributed by atoms with Crippen LogP contribution in [-0.2, 0) is 27.4 Å². The van der Waals surface area contributed by atoms with Gasteiger partial charge in [0.25, 0.3) is 0 Å². The molecule has 1 fully saturated rings. The summed E-state index contributed by atoms with van der Waals surface area (Å²) >= 11 is 5.81. The zero-order chi connectivity index (χ0) is 17.8. The second-order valence-electron chi connectivity index (χ2n) is 5.92. The first-order valence-corrected chi connectivity index (χ1v) is 8.23. The first-order valence-electron chi connectivity index (χ1n) is 7.85. The van der Waals surface area contributed by atoms with Crippen LogP contribution in [0.15, 0.2) is 48.5 Å². The van der Waals surface area contributed by atoms with E-state index in [-0.39, 0.29) is 30.8 Å². The molecule has 25 heavy (non-hydrogen) atoms. The van der Waals surface area contributed by atoms with Gasteiger partial charge in [-0.3, -0.25) is 14.9 Å². The molecule has 1 saturated heterocycles. The summed E-state index contributed by atoms with van der Waals surface area (Å²) in [5.74, 6) is -1.24. The van der Waals surface area contributed by atoms with Gasteiger partial charge in [-0.1, -0.05) is 35.9 Å². The summed E-state index contributed by atoms with van der Waals surface area (Å²) in [7, 11) is 0. The van der Waals surface area contributed by atoms with Gasteiger partial charge in [-0.05, 0) is 41.8 Å². The lowest BCUT2D eigenvalue weighted by Crippen LogP contribution is -2.22. The van der Waals surface area contributed by atoms with Crippen molar-refractivity contribution in [2.24, 2.45) is 5.92 Å². The van der Waals surface area contributed by atoms with Gasteiger partial charge >= 0.3 is 5.97 Å². The smallest absolute Gasteiger partial charge is 0.338 e. The van der Waals surface area contributed by atoms with Crippen LogP contribution in [0.2, 0.25) is 5.02 Å². The minimum Gasteiger partial charge on any atom is -0.457 e. The third-order valence-corrected chi connectivity index (χ3v) is 4.27. The van der Waals surface area contributed by atoms with Crippen molar-refractivity contribution in [1.82, 2.24) is 5.32 Å². The highest BCUT2D eigenvalue weighted by molar-refractivity contribution is 6.30. The van der Waals surface area contributed by atoms with E-state index in [2.05, 4.69) is 5.32 Å². The highest BCUT2D eigenvalue weighted by Crippen LogP contribution is 2.18. The van der Waals surface area contributed by atoms with Crippen LogP contribution >= 0.6 is 11.6 Å². The highest BCUT2D eigenvalue weighted by atomic mass is 35.5. The second kappa shape index (κ2) is 7.49. The fourth-order valence-corrected chi connectivity index (χ4v) is 2.77. The molecule has 2 aromatic carbocycles. The molecule has 0 spiro atoms. The number of nitrogens with one attached hydrogen (secondary N) is 1. The zero-order valence-electron chi connectivity index (χ0n) is 13.3. The molecular formula is C19H16ClNO4. The summed E-state index contributed by atoms with van der Waals surface area (Å²) in [5, 5.41) is 2.92. The van der Waals surface area contributed by atoms with Crippen molar-refractivity contribution >= 4 is 29.4 Å². The lowest BCUT2D eigenvalue weighted by molar-refractivity contribution is -0.125. The van der Waals surface area contributed by atoms with Crippen LogP contribution in [0.4, 0.5) is 0 Å². The van der Waals surface area contributed by atoms with Gasteiger partial charge in [-0.25, -0.2) is 4.79 Å². The largest absolute Gasteiger partial charge is 0.457 e. The van der Waals surface area contributed by atoms with Gasteiger partial charge in [0.15, 0.2) is 0 Å². The molecule has 1 heterocycles. The number of amides is 2. The van der Waals surface area contributed by atoms with E-state index in [9.17, 15) is 14.4 Å². The molecule has 0 unspecified atom stereocenters. The van der Waals surface area contributed by atoms with Crippen molar-refractivity contribution in [2.75, 3.05) is 0 Å². The Hall–Kier alpha value is -2.66.